The minimum atomic E-state index is -0.378. The van der Waals surface area contributed by atoms with Crippen molar-refractivity contribution in [2.24, 2.45) is 0 Å². The van der Waals surface area contributed by atoms with Crippen molar-refractivity contribution in [1.29, 1.82) is 0 Å². The first-order valence-corrected chi connectivity index (χ1v) is 6.77. The fourth-order valence-electron chi connectivity index (χ4n) is 2.14. The van der Waals surface area contributed by atoms with Crippen LogP contribution in [0, 0.1) is 0 Å². The summed E-state index contributed by atoms with van der Waals surface area (Å²) in [4.78, 5) is 18.4. The van der Waals surface area contributed by atoms with E-state index in [2.05, 4.69) is 16.8 Å². The number of nitrogen functional groups attached to an aromatic ring is 1. The lowest BCUT2D eigenvalue weighted by atomic mass is 10.2. The third-order valence-corrected chi connectivity index (χ3v) is 3.31. The highest BCUT2D eigenvalue weighted by molar-refractivity contribution is 5.95. The van der Waals surface area contributed by atoms with Crippen LogP contribution in [0.25, 0.3) is 0 Å². The van der Waals surface area contributed by atoms with Crippen LogP contribution in [0.5, 0.6) is 0 Å². The molecule has 0 saturated heterocycles. The summed E-state index contributed by atoms with van der Waals surface area (Å²) in [7, 11) is 1.38. The smallest absolute Gasteiger partial charge is 0.341 e. The summed E-state index contributed by atoms with van der Waals surface area (Å²) in [5.41, 5.74) is 6.67. The van der Waals surface area contributed by atoms with E-state index in [1.54, 1.807) is 12.3 Å². The molecule has 2 rings (SSSR count). The van der Waals surface area contributed by atoms with Gasteiger partial charge in [-0.05, 0) is 25.3 Å². The van der Waals surface area contributed by atoms with Crippen LogP contribution in [0.3, 0.4) is 0 Å². The van der Waals surface area contributed by atoms with Crippen LogP contribution in [0.2, 0.25) is 0 Å². The molecule has 0 atom stereocenters. The number of nitrogens with zero attached hydrogens (tertiary/aromatic N) is 2. The SMILES string of the molecule is CCCCN(c1ncc(N)cc1C(=O)OC)C1CC1. The summed E-state index contributed by atoms with van der Waals surface area (Å²) in [6.45, 7) is 3.07. The topological polar surface area (TPSA) is 68.5 Å². The Morgan fingerprint density at radius 3 is 2.89 bits per heavy atom. The molecule has 1 fully saturated rings. The number of hydrogen-bond acceptors (Lipinski definition) is 5. The van der Waals surface area contributed by atoms with Crippen LogP contribution in [-0.4, -0.2) is 30.6 Å². The average Bonchev–Trinajstić information content (AvgIpc) is 3.24. The zero-order valence-electron chi connectivity index (χ0n) is 11.6. The number of esters is 1. The molecule has 0 aliphatic heterocycles. The Labute approximate surface area is 113 Å². The van der Waals surface area contributed by atoms with Crippen LogP contribution in [0.1, 0.15) is 43.0 Å². The second kappa shape index (κ2) is 5.91. The second-order valence-electron chi connectivity index (χ2n) is 4.91. The lowest BCUT2D eigenvalue weighted by Gasteiger charge is -2.25. The van der Waals surface area contributed by atoms with E-state index in [9.17, 15) is 4.79 Å². The number of carbonyl (C=O) groups excluding carboxylic acids is 1. The Morgan fingerprint density at radius 2 is 2.32 bits per heavy atom. The maximum atomic E-state index is 11.9. The third kappa shape index (κ3) is 3.16. The van der Waals surface area contributed by atoms with Crippen LogP contribution in [-0.2, 0) is 4.74 Å². The first-order valence-electron chi connectivity index (χ1n) is 6.77. The monoisotopic (exact) mass is 263 g/mol. The van der Waals surface area contributed by atoms with E-state index < -0.39 is 0 Å². The summed E-state index contributed by atoms with van der Waals surface area (Å²) >= 11 is 0. The van der Waals surface area contributed by atoms with E-state index in [-0.39, 0.29) is 5.97 Å². The first-order chi connectivity index (χ1) is 9.17. The molecule has 0 radical (unpaired) electrons. The summed E-state index contributed by atoms with van der Waals surface area (Å²) in [5.74, 6) is 0.328. The maximum Gasteiger partial charge on any atom is 0.341 e. The Hall–Kier alpha value is -1.78. The highest BCUT2D eigenvalue weighted by atomic mass is 16.5. The number of ether oxygens (including phenoxy) is 1. The normalized spacial score (nSPS) is 14.2. The van der Waals surface area contributed by atoms with Gasteiger partial charge in [-0.25, -0.2) is 9.78 Å². The number of pyridine rings is 1. The number of unbranched alkanes of at least 4 members (excludes halogenated alkanes) is 1. The zero-order chi connectivity index (χ0) is 13.8. The van der Waals surface area contributed by atoms with Gasteiger partial charge in [-0.3, -0.25) is 0 Å². The van der Waals surface area contributed by atoms with E-state index in [0.717, 1.165) is 32.2 Å². The molecule has 1 heterocycles. The van der Waals surface area contributed by atoms with Gasteiger partial charge in [0.25, 0.3) is 0 Å². The number of aromatic nitrogens is 1. The summed E-state index contributed by atoms with van der Waals surface area (Å²) in [6.07, 6.45) is 6.13. The minimum absolute atomic E-state index is 0.378. The van der Waals surface area contributed by atoms with Gasteiger partial charge in [0, 0.05) is 12.6 Å². The molecule has 1 aliphatic carbocycles. The molecule has 1 aromatic rings. The number of methoxy groups -OCH3 is 1. The lowest BCUT2D eigenvalue weighted by Crippen LogP contribution is -2.29. The summed E-state index contributed by atoms with van der Waals surface area (Å²) < 4.78 is 4.83. The number of hydrogen-bond donors (Lipinski definition) is 1. The molecule has 0 amide bonds. The second-order valence-corrected chi connectivity index (χ2v) is 4.91. The van der Waals surface area contributed by atoms with Gasteiger partial charge in [-0.1, -0.05) is 13.3 Å². The fraction of sp³-hybridized carbons (Fsp3) is 0.571. The minimum Gasteiger partial charge on any atom is -0.465 e. The van der Waals surface area contributed by atoms with Crippen molar-refractivity contribution in [3.63, 3.8) is 0 Å². The van der Waals surface area contributed by atoms with Crippen LogP contribution in [0.15, 0.2) is 12.3 Å². The Bertz CT molecular complexity index is 458. The standard InChI is InChI=1S/C14H21N3O2/c1-3-4-7-17(11-5-6-11)13-12(14(18)19-2)8-10(15)9-16-13/h8-9,11H,3-7,15H2,1-2H3. The molecule has 1 aliphatic rings. The number of rotatable bonds is 6. The predicted octanol–water partition coefficient (Wildman–Crippen LogP) is 2.22. The van der Waals surface area contributed by atoms with Gasteiger partial charge >= 0.3 is 5.97 Å². The summed E-state index contributed by atoms with van der Waals surface area (Å²) in [6, 6.07) is 2.15. The number of nitrogens with two attached hydrogens (primary N) is 1. The molecule has 1 saturated carbocycles. The van der Waals surface area contributed by atoms with Gasteiger partial charge in [0.05, 0.1) is 19.0 Å². The number of anilines is 2. The highest BCUT2D eigenvalue weighted by Gasteiger charge is 2.32. The first kappa shape index (κ1) is 13.6. The van der Waals surface area contributed by atoms with Gasteiger partial charge < -0.3 is 15.4 Å². The average molecular weight is 263 g/mol. The van der Waals surface area contributed by atoms with Crippen LogP contribution in [0.4, 0.5) is 11.5 Å². The van der Waals surface area contributed by atoms with Crippen molar-refractivity contribution in [3.8, 4) is 0 Å². The Kier molecular flexibility index (Phi) is 4.24. The summed E-state index contributed by atoms with van der Waals surface area (Å²) in [5, 5.41) is 0. The third-order valence-electron chi connectivity index (χ3n) is 3.31. The zero-order valence-corrected chi connectivity index (χ0v) is 11.6. The number of carbonyl (C=O) groups is 1. The van der Waals surface area contributed by atoms with Crippen molar-refractivity contribution >= 4 is 17.5 Å². The van der Waals surface area contributed by atoms with Crippen molar-refractivity contribution in [1.82, 2.24) is 4.98 Å². The Balaban J connectivity index is 2.32. The van der Waals surface area contributed by atoms with E-state index >= 15 is 0 Å². The van der Waals surface area contributed by atoms with Crippen molar-refractivity contribution < 1.29 is 9.53 Å². The molecule has 5 heteroatoms. The van der Waals surface area contributed by atoms with Crippen molar-refractivity contribution in [2.75, 3.05) is 24.3 Å². The van der Waals surface area contributed by atoms with Crippen molar-refractivity contribution in [2.45, 2.75) is 38.6 Å². The fourth-order valence-corrected chi connectivity index (χ4v) is 2.14. The Morgan fingerprint density at radius 1 is 1.58 bits per heavy atom. The molecule has 0 bridgehead atoms. The van der Waals surface area contributed by atoms with E-state index in [4.69, 9.17) is 10.5 Å². The molecule has 2 N–H and O–H groups in total. The largest absolute Gasteiger partial charge is 0.465 e. The van der Waals surface area contributed by atoms with Gasteiger partial charge in [0.15, 0.2) is 0 Å². The lowest BCUT2D eigenvalue weighted by molar-refractivity contribution is 0.0601. The molecule has 0 aromatic carbocycles. The van der Waals surface area contributed by atoms with E-state index in [0.29, 0.717) is 23.1 Å². The van der Waals surface area contributed by atoms with Gasteiger partial charge in [-0.15, -0.1) is 0 Å². The molecular formula is C14H21N3O2. The molecule has 5 nitrogen and oxygen atoms in total. The molecule has 0 unspecified atom stereocenters. The molecular weight excluding hydrogens is 242 g/mol. The maximum absolute atomic E-state index is 11.9. The molecule has 1 aromatic heterocycles. The highest BCUT2D eigenvalue weighted by Crippen LogP contribution is 2.33. The predicted molar refractivity (Wildman–Crippen MR) is 75.3 cm³/mol. The van der Waals surface area contributed by atoms with Crippen LogP contribution < -0.4 is 10.6 Å². The van der Waals surface area contributed by atoms with E-state index in [1.165, 1.54) is 7.11 Å². The molecule has 0 spiro atoms. The quantitative estimate of drug-likeness (QED) is 0.797. The van der Waals surface area contributed by atoms with Gasteiger partial charge in [0.1, 0.15) is 11.4 Å². The van der Waals surface area contributed by atoms with Gasteiger partial charge in [-0.2, -0.15) is 0 Å². The van der Waals surface area contributed by atoms with E-state index in [1.807, 2.05) is 0 Å². The van der Waals surface area contributed by atoms with Crippen molar-refractivity contribution in [3.05, 3.63) is 17.8 Å². The molecule has 19 heavy (non-hydrogen) atoms. The molecule has 104 valence electrons. The van der Waals surface area contributed by atoms with Crippen LogP contribution >= 0.6 is 0 Å². The van der Waals surface area contributed by atoms with Gasteiger partial charge in [0.2, 0.25) is 0 Å².